The normalized spacial score (nSPS) is 27.5. The lowest BCUT2D eigenvalue weighted by Crippen LogP contribution is -2.48. The maximum Gasteiger partial charge on any atom is 0.0664 e. The maximum atomic E-state index is 9.54. The maximum absolute atomic E-state index is 9.54. The highest BCUT2D eigenvalue weighted by molar-refractivity contribution is 4.75. The standard InChI is InChI=1S/C10H21NO2/c1-3-9-8-13-6-5-11(9)7-10(12)4-2/h9-10,12H,3-8H2,1-2H3. The van der Waals surface area contributed by atoms with Gasteiger partial charge in [-0.05, 0) is 12.8 Å². The molecule has 0 amide bonds. The molecule has 1 fully saturated rings. The molecule has 2 atom stereocenters. The second-order valence-corrected chi connectivity index (χ2v) is 3.69. The zero-order chi connectivity index (χ0) is 9.68. The van der Waals surface area contributed by atoms with Crippen LogP contribution in [0, 0.1) is 0 Å². The molecule has 0 aliphatic carbocycles. The molecule has 1 heterocycles. The lowest BCUT2D eigenvalue weighted by atomic mass is 10.1. The Labute approximate surface area is 80.7 Å². The molecule has 0 aromatic carbocycles. The first-order valence-electron chi connectivity index (χ1n) is 5.27. The number of nitrogens with zero attached hydrogens (tertiary/aromatic N) is 1. The molecule has 13 heavy (non-hydrogen) atoms. The first kappa shape index (κ1) is 11.0. The number of ether oxygens (including phenoxy) is 1. The third-order valence-electron chi connectivity index (χ3n) is 2.74. The highest BCUT2D eigenvalue weighted by Crippen LogP contribution is 2.11. The lowest BCUT2D eigenvalue weighted by Gasteiger charge is -2.36. The van der Waals surface area contributed by atoms with E-state index in [1.54, 1.807) is 0 Å². The number of morpholine rings is 1. The molecular formula is C10H21NO2. The number of aliphatic hydroxyl groups excluding tert-OH is 1. The summed E-state index contributed by atoms with van der Waals surface area (Å²) in [5, 5.41) is 9.54. The molecule has 0 aromatic rings. The van der Waals surface area contributed by atoms with Gasteiger partial charge in [0.1, 0.15) is 0 Å². The first-order valence-corrected chi connectivity index (χ1v) is 5.27. The topological polar surface area (TPSA) is 32.7 Å². The van der Waals surface area contributed by atoms with Gasteiger partial charge in [-0.25, -0.2) is 0 Å². The van der Waals surface area contributed by atoms with Crippen LogP contribution in [-0.4, -0.2) is 48.5 Å². The van der Waals surface area contributed by atoms with Crippen LogP contribution < -0.4 is 0 Å². The van der Waals surface area contributed by atoms with Gasteiger partial charge in [-0.3, -0.25) is 4.90 Å². The molecule has 1 rings (SSSR count). The van der Waals surface area contributed by atoms with E-state index in [4.69, 9.17) is 4.74 Å². The second-order valence-electron chi connectivity index (χ2n) is 3.69. The molecule has 3 heteroatoms. The van der Waals surface area contributed by atoms with Crippen LogP contribution in [0.25, 0.3) is 0 Å². The summed E-state index contributed by atoms with van der Waals surface area (Å²) in [6.07, 6.45) is 1.77. The molecule has 3 nitrogen and oxygen atoms in total. The van der Waals surface area contributed by atoms with E-state index in [2.05, 4.69) is 11.8 Å². The minimum absolute atomic E-state index is 0.174. The van der Waals surface area contributed by atoms with Crippen molar-refractivity contribution in [2.75, 3.05) is 26.3 Å². The quantitative estimate of drug-likeness (QED) is 0.709. The van der Waals surface area contributed by atoms with Crippen LogP contribution >= 0.6 is 0 Å². The SMILES string of the molecule is CCC(O)CN1CCOCC1CC. The predicted octanol–water partition coefficient (Wildman–Crippen LogP) is 0.868. The third-order valence-corrected chi connectivity index (χ3v) is 2.74. The Bertz CT molecular complexity index is 141. The van der Waals surface area contributed by atoms with Gasteiger partial charge in [0.15, 0.2) is 0 Å². The van der Waals surface area contributed by atoms with Crippen molar-refractivity contribution >= 4 is 0 Å². The van der Waals surface area contributed by atoms with Crippen molar-refractivity contribution in [1.82, 2.24) is 4.90 Å². The molecule has 0 spiro atoms. The van der Waals surface area contributed by atoms with Gasteiger partial charge < -0.3 is 9.84 Å². The van der Waals surface area contributed by atoms with Gasteiger partial charge in [-0.1, -0.05) is 13.8 Å². The summed E-state index contributed by atoms with van der Waals surface area (Å²) in [6.45, 7) is 7.60. The van der Waals surface area contributed by atoms with E-state index in [9.17, 15) is 5.11 Å². The predicted molar refractivity (Wildman–Crippen MR) is 52.8 cm³/mol. The molecule has 2 unspecified atom stereocenters. The molecule has 78 valence electrons. The van der Waals surface area contributed by atoms with E-state index in [1.807, 2.05) is 6.92 Å². The Morgan fingerprint density at radius 1 is 1.54 bits per heavy atom. The van der Waals surface area contributed by atoms with E-state index in [1.165, 1.54) is 0 Å². The average Bonchev–Trinajstić information content (AvgIpc) is 2.18. The fraction of sp³-hybridized carbons (Fsp3) is 1.00. The molecule has 0 aromatic heterocycles. The average molecular weight is 187 g/mol. The Morgan fingerprint density at radius 2 is 2.31 bits per heavy atom. The van der Waals surface area contributed by atoms with Crippen LogP contribution in [0.3, 0.4) is 0 Å². The Kier molecular flexibility index (Phi) is 4.70. The monoisotopic (exact) mass is 187 g/mol. The zero-order valence-electron chi connectivity index (χ0n) is 8.70. The molecular weight excluding hydrogens is 166 g/mol. The molecule has 1 aliphatic heterocycles. The molecule has 0 radical (unpaired) electrons. The largest absolute Gasteiger partial charge is 0.392 e. The smallest absolute Gasteiger partial charge is 0.0664 e. The summed E-state index contributed by atoms with van der Waals surface area (Å²) < 4.78 is 5.40. The fourth-order valence-electron chi connectivity index (χ4n) is 1.71. The van der Waals surface area contributed by atoms with Crippen molar-refractivity contribution < 1.29 is 9.84 Å². The van der Waals surface area contributed by atoms with Crippen LogP contribution in [-0.2, 0) is 4.74 Å². The van der Waals surface area contributed by atoms with Crippen molar-refractivity contribution in [3.05, 3.63) is 0 Å². The van der Waals surface area contributed by atoms with Gasteiger partial charge in [0, 0.05) is 19.1 Å². The summed E-state index contributed by atoms with van der Waals surface area (Å²) in [7, 11) is 0. The zero-order valence-corrected chi connectivity index (χ0v) is 8.70. The van der Waals surface area contributed by atoms with Gasteiger partial charge >= 0.3 is 0 Å². The Hall–Kier alpha value is -0.120. The second kappa shape index (κ2) is 5.58. The van der Waals surface area contributed by atoms with Crippen LogP contribution in [0.4, 0.5) is 0 Å². The Balaban J connectivity index is 2.35. The van der Waals surface area contributed by atoms with E-state index in [-0.39, 0.29) is 6.10 Å². The summed E-state index contributed by atoms with van der Waals surface area (Å²) in [5.41, 5.74) is 0. The van der Waals surface area contributed by atoms with E-state index >= 15 is 0 Å². The number of β-amino-alcohol motifs (C(OH)–C–C–N with tert-alkyl or cyclic N) is 1. The van der Waals surface area contributed by atoms with Gasteiger partial charge in [-0.2, -0.15) is 0 Å². The van der Waals surface area contributed by atoms with Crippen molar-refractivity contribution in [2.24, 2.45) is 0 Å². The lowest BCUT2D eigenvalue weighted by molar-refractivity contribution is -0.0276. The van der Waals surface area contributed by atoms with Crippen LogP contribution in [0.1, 0.15) is 26.7 Å². The highest BCUT2D eigenvalue weighted by atomic mass is 16.5. The van der Waals surface area contributed by atoms with Crippen LogP contribution in [0.15, 0.2) is 0 Å². The number of rotatable bonds is 4. The Morgan fingerprint density at radius 3 is 2.92 bits per heavy atom. The van der Waals surface area contributed by atoms with Gasteiger partial charge in [0.05, 0.1) is 19.3 Å². The molecule has 0 saturated carbocycles. The molecule has 1 saturated heterocycles. The van der Waals surface area contributed by atoms with Crippen molar-refractivity contribution in [1.29, 1.82) is 0 Å². The van der Waals surface area contributed by atoms with E-state index in [0.29, 0.717) is 6.04 Å². The summed E-state index contributed by atoms with van der Waals surface area (Å²) in [4.78, 5) is 2.34. The number of hydrogen-bond acceptors (Lipinski definition) is 3. The fourth-order valence-corrected chi connectivity index (χ4v) is 1.71. The number of aliphatic hydroxyl groups is 1. The van der Waals surface area contributed by atoms with E-state index < -0.39 is 0 Å². The van der Waals surface area contributed by atoms with Gasteiger partial charge in [0.2, 0.25) is 0 Å². The highest BCUT2D eigenvalue weighted by Gasteiger charge is 2.22. The molecule has 1 aliphatic rings. The van der Waals surface area contributed by atoms with Crippen LogP contribution in [0.5, 0.6) is 0 Å². The first-order chi connectivity index (χ1) is 6.27. The van der Waals surface area contributed by atoms with Crippen molar-refractivity contribution in [3.8, 4) is 0 Å². The van der Waals surface area contributed by atoms with Crippen LogP contribution in [0.2, 0.25) is 0 Å². The minimum atomic E-state index is -0.174. The van der Waals surface area contributed by atoms with Gasteiger partial charge in [0.25, 0.3) is 0 Å². The summed E-state index contributed by atoms with van der Waals surface area (Å²) in [5.74, 6) is 0. The van der Waals surface area contributed by atoms with Crippen molar-refractivity contribution in [3.63, 3.8) is 0 Å². The number of hydrogen-bond donors (Lipinski definition) is 1. The van der Waals surface area contributed by atoms with Gasteiger partial charge in [-0.15, -0.1) is 0 Å². The summed E-state index contributed by atoms with van der Waals surface area (Å²) in [6, 6.07) is 0.509. The molecule has 1 N–H and O–H groups in total. The minimum Gasteiger partial charge on any atom is -0.392 e. The summed E-state index contributed by atoms with van der Waals surface area (Å²) >= 11 is 0. The van der Waals surface area contributed by atoms with E-state index in [0.717, 1.165) is 39.1 Å². The molecule has 0 bridgehead atoms. The van der Waals surface area contributed by atoms with Crippen molar-refractivity contribution in [2.45, 2.75) is 38.8 Å². The third kappa shape index (κ3) is 3.25.